The lowest BCUT2D eigenvalue weighted by Crippen LogP contribution is -2.62. The molecule has 2 saturated heterocycles. The number of ether oxygens (including phenoxy) is 1. The molecule has 4 nitrogen and oxygen atoms in total. The van der Waals surface area contributed by atoms with E-state index >= 15 is 0 Å². The fourth-order valence-corrected chi connectivity index (χ4v) is 3.91. The van der Waals surface area contributed by atoms with E-state index in [0.29, 0.717) is 0 Å². The molecule has 0 N–H and O–H groups in total. The maximum absolute atomic E-state index is 12.3. The van der Waals surface area contributed by atoms with Gasteiger partial charge in [0.15, 0.2) is 0 Å². The van der Waals surface area contributed by atoms with Crippen molar-refractivity contribution in [1.29, 1.82) is 0 Å². The van der Waals surface area contributed by atoms with Gasteiger partial charge in [-0.1, -0.05) is 30.3 Å². The third-order valence-electron chi connectivity index (χ3n) is 5.47. The van der Waals surface area contributed by atoms with Crippen LogP contribution in [0.5, 0.6) is 0 Å². The summed E-state index contributed by atoms with van der Waals surface area (Å²) in [5.41, 5.74) is 1.26. The number of amides is 1. The summed E-state index contributed by atoms with van der Waals surface area (Å²) in [4.78, 5) is 16.8. The number of hydrogen-bond acceptors (Lipinski definition) is 3. The second-order valence-electron chi connectivity index (χ2n) is 7.58. The normalized spacial score (nSPS) is 23.8. The molecule has 1 amide bonds. The number of benzene rings is 1. The molecule has 0 bridgehead atoms. The van der Waals surface area contributed by atoms with Crippen LogP contribution in [-0.4, -0.2) is 59.6 Å². The first-order valence-corrected chi connectivity index (χ1v) is 9.24. The Morgan fingerprint density at radius 1 is 1.20 bits per heavy atom. The molecule has 1 aromatic rings. The molecular weight excluding hydrogens is 336 g/mol. The van der Waals surface area contributed by atoms with Gasteiger partial charge in [-0.3, -0.25) is 4.79 Å². The Morgan fingerprint density at radius 3 is 2.44 bits per heavy atom. The first kappa shape index (κ1) is 20.2. The van der Waals surface area contributed by atoms with Gasteiger partial charge >= 0.3 is 0 Å². The Morgan fingerprint density at radius 2 is 1.84 bits per heavy atom. The fraction of sp³-hybridized carbons (Fsp3) is 0.650. The molecule has 2 aliphatic heterocycles. The highest BCUT2D eigenvalue weighted by molar-refractivity contribution is 5.85. The van der Waals surface area contributed by atoms with Crippen LogP contribution in [0.1, 0.15) is 39.2 Å². The van der Waals surface area contributed by atoms with Gasteiger partial charge in [0.25, 0.3) is 5.91 Å². The summed E-state index contributed by atoms with van der Waals surface area (Å²) in [5.74, 6) is 0.141. The molecule has 1 atom stereocenters. The quantitative estimate of drug-likeness (QED) is 0.820. The number of likely N-dealkylation sites (tertiary alicyclic amines) is 1. The first-order valence-electron chi connectivity index (χ1n) is 9.24. The zero-order valence-corrected chi connectivity index (χ0v) is 16.4. The monoisotopic (exact) mass is 366 g/mol. The molecule has 140 valence electrons. The third-order valence-corrected chi connectivity index (χ3v) is 5.47. The van der Waals surface area contributed by atoms with Gasteiger partial charge in [0.1, 0.15) is 6.10 Å². The van der Waals surface area contributed by atoms with Crippen LogP contribution >= 0.6 is 12.4 Å². The van der Waals surface area contributed by atoms with Crippen LogP contribution < -0.4 is 0 Å². The topological polar surface area (TPSA) is 32.8 Å². The second kappa shape index (κ2) is 8.52. The van der Waals surface area contributed by atoms with Crippen molar-refractivity contribution in [2.24, 2.45) is 0 Å². The highest BCUT2D eigenvalue weighted by Gasteiger charge is 2.45. The number of carbonyl (C=O) groups excluding carboxylic acids is 1. The van der Waals surface area contributed by atoms with Gasteiger partial charge in [0.05, 0.1) is 12.1 Å². The molecule has 0 aromatic heterocycles. The molecule has 1 aromatic carbocycles. The van der Waals surface area contributed by atoms with Crippen LogP contribution in [0, 0.1) is 0 Å². The summed E-state index contributed by atoms with van der Waals surface area (Å²) in [7, 11) is 0. The summed E-state index contributed by atoms with van der Waals surface area (Å²) < 4.78 is 6.20. The van der Waals surface area contributed by atoms with E-state index in [1.807, 2.05) is 11.8 Å². The van der Waals surface area contributed by atoms with Crippen LogP contribution in [0.2, 0.25) is 0 Å². The van der Waals surface area contributed by atoms with Crippen molar-refractivity contribution < 1.29 is 9.53 Å². The largest absolute Gasteiger partial charge is 0.360 e. The van der Waals surface area contributed by atoms with Crippen LogP contribution in [0.3, 0.4) is 0 Å². The molecule has 5 heteroatoms. The molecule has 0 saturated carbocycles. The average molecular weight is 367 g/mol. The minimum Gasteiger partial charge on any atom is -0.360 e. The summed E-state index contributed by atoms with van der Waals surface area (Å²) in [6.07, 6.45) is 2.82. The average Bonchev–Trinajstić information content (AvgIpc) is 2.58. The van der Waals surface area contributed by atoms with Gasteiger partial charge in [-0.05, 0) is 45.6 Å². The zero-order chi connectivity index (χ0) is 17.2. The molecule has 2 heterocycles. The highest BCUT2D eigenvalue weighted by atomic mass is 35.5. The standard InChI is InChI=1S/C20H30N2O2.ClH/c1-16(2)22-15-20(24-17(3)19(22)23)10-13-21(14-11-20)12-9-18-7-5-4-6-8-18;/h4-8,16-17H,9-15H2,1-3H3;1H. The Hall–Kier alpha value is -1.10. The van der Waals surface area contributed by atoms with Gasteiger partial charge in [0, 0.05) is 25.7 Å². The maximum atomic E-state index is 12.3. The van der Waals surface area contributed by atoms with Crippen molar-refractivity contribution in [3.05, 3.63) is 35.9 Å². The van der Waals surface area contributed by atoms with Crippen molar-refractivity contribution in [3.63, 3.8) is 0 Å². The molecule has 1 unspecified atom stereocenters. The molecule has 2 fully saturated rings. The smallest absolute Gasteiger partial charge is 0.251 e. The Balaban J connectivity index is 0.00000225. The zero-order valence-electron chi connectivity index (χ0n) is 15.6. The van der Waals surface area contributed by atoms with E-state index in [1.54, 1.807) is 0 Å². The minimum atomic E-state index is -0.308. The van der Waals surface area contributed by atoms with Gasteiger partial charge in [-0.15, -0.1) is 12.4 Å². The SMILES string of the molecule is CC1OC2(CCN(CCc3ccccc3)CC2)CN(C(C)C)C1=O.Cl. The van der Waals surface area contributed by atoms with Crippen molar-refractivity contribution in [3.8, 4) is 0 Å². The number of hydrogen-bond donors (Lipinski definition) is 0. The predicted octanol–water partition coefficient (Wildman–Crippen LogP) is 3.14. The number of piperidine rings is 1. The Labute approximate surface area is 157 Å². The van der Waals surface area contributed by atoms with Crippen molar-refractivity contribution in [1.82, 2.24) is 9.80 Å². The van der Waals surface area contributed by atoms with E-state index in [9.17, 15) is 4.79 Å². The van der Waals surface area contributed by atoms with Crippen molar-refractivity contribution in [2.75, 3.05) is 26.2 Å². The van der Waals surface area contributed by atoms with Gasteiger partial charge in [-0.25, -0.2) is 0 Å². The van der Waals surface area contributed by atoms with Crippen LogP contribution in [0.25, 0.3) is 0 Å². The van der Waals surface area contributed by atoms with E-state index in [0.717, 1.165) is 45.4 Å². The van der Waals surface area contributed by atoms with Crippen molar-refractivity contribution >= 4 is 18.3 Å². The first-order chi connectivity index (χ1) is 11.5. The van der Waals surface area contributed by atoms with Gasteiger partial charge < -0.3 is 14.5 Å². The Kier molecular flexibility index (Phi) is 6.89. The highest BCUT2D eigenvalue weighted by Crippen LogP contribution is 2.33. The molecule has 2 aliphatic rings. The van der Waals surface area contributed by atoms with Crippen LogP contribution in [0.15, 0.2) is 30.3 Å². The van der Waals surface area contributed by atoms with E-state index in [4.69, 9.17) is 4.74 Å². The summed E-state index contributed by atoms with van der Waals surface area (Å²) in [5, 5.41) is 0. The molecular formula is C20H31ClN2O2. The lowest BCUT2D eigenvalue weighted by molar-refractivity contribution is -0.192. The van der Waals surface area contributed by atoms with E-state index in [2.05, 4.69) is 49.1 Å². The predicted molar refractivity (Wildman–Crippen MR) is 103 cm³/mol. The fourth-order valence-electron chi connectivity index (χ4n) is 3.91. The van der Waals surface area contributed by atoms with Gasteiger partial charge in [0.2, 0.25) is 0 Å². The summed E-state index contributed by atoms with van der Waals surface area (Å²) >= 11 is 0. The van der Waals surface area contributed by atoms with Gasteiger partial charge in [-0.2, -0.15) is 0 Å². The molecule has 25 heavy (non-hydrogen) atoms. The number of morpholine rings is 1. The van der Waals surface area contributed by atoms with Crippen LogP contribution in [0.4, 0.5) is 0 Å². The number of carbonyl (C=O) groups is 1. The molecule has 1 spiro atoms. The van der Waals surface area contributed by atoms with E-state index < -0.39 is 0 Å². The lowest BCUT2D eigenvalue weighted by atomic mass is 9.88. The summed E-state index contributed by atoms with van der Waals surface area (Å²) in [6, 6.07) is 10.9. The summed E-state index contributed by atoms with van der Waals surface area (Å²) in [6.45, 7) is 10.1. The third kappa shape index (κ3) is 4.75. The van der Waals surface area contributed by atoms with Crippen LogP contribution in [-0.2, 0) is 16.0 Å². The number of halogens is 1. The molecule has 3 rings (SSSR count). The number of rotatable bonds is 4. The maximum Gasteiger partial charge on any atom is 0.251 e. The number of nitrogens with zero attached hydrogens (tertiary/aromatic N) is 2. The lowest BCUT2D eigenvalue weighted by Gasteiger charge is -2.50. The van der Waals surface area contributed by atoms with E-state index in [-0.39, 0.29) is 36.1 Å². The van der Waals surface area contributed by atoms with E-state index in [1.165, 1.54) is 5.56 Å². The minimum absolute atomic E-state index is 0. The Bertz CT molecular complexity index is 556. The van der Waals surface area contributed by atoms with Crippen molar-refractivity contribution in [2.45, 2.75) is 57.8 Å². The molecule has 0 aliphatic carbocycles. The second-order valence-corrected chi connectivity index (χ2v) is 7.58. The molecule has 0 radical (unpaired) electrons.